The summed E-state index contributed by atoms with van der Waals surface area (Å²) in [5.41, 5.74) is 0.418. The summed E-state index contributed by atoms with van der Waals surface area (Å²) in [5.74, 6) is -1.28. The molecule has 6 heteroatoms. The van der Waals surface area contributed by atoms with E-state index in [1.54, 1.807) is 6.92 Å². The molecule has 0 aliphatic rings. The molecule has 0 saturated heterocycles. The van der Waals surface area contributed by atoms with Crippen molar-refractivity contribution < 1.29 is 14.7 Å². The molecule has 1 rings (SSSR count). The largest absolute Gasteiger partial charge is 0.477 e. The Kier molecular flexibility index (Phi) is 2.62. The van der Waals surface area contributed by atoms with Gasteiger partial charge in [-0.2, -0.15) is 0 Å². The minimum atomic E-state index is -1.02. The fourth-order valence-corrected chi connectivity index (χ4v) is 1.65. The van der Waals surface area contributed by atoms with Crippen molar-refractivity contribution in [3.05, 3.63) is 10.6 Å². The van der Waals surface area contributed by atoms with Crippen LogP contribution in [0.15, 0.2) is 0 Å². The average Bonchev–Trinajstić information content (AvgIpc) is 2.29. The molecular weight excluding hydrogens is 192 g/mol. The summed E-state index contributed by atoms with van der Waals surface area (Å²) in [6.45, 7) is 2.93. The Bertz CT molecular complexity index is 359. The highest BCUT2D eigenvalue weighted by atomic mass is 32.1. The number of aromatic carboxylic acids is 1. The first-order chi connectivity index (χ1) is 6.00. The Labute approximate surface area is 78.4 Å². The Morgan fingerprint density at radius 3 is 2.54 bits per heavy atom. The van der Waals surface area contributed by atoms with Crippen molar-refractivity contribution in [2.45, 2.75) is 13.8 Å². The Morgan fingerprint density at radius 1 is 1.54 bits per heavy atom. The molecule has 0 radical (unpaired) electrons. The molecule has 0 bridgehead atoms. The van der Waals surface area contributed by atoms with Crippen molar-refractivity contribution in [2.24, 2.45) is 0 Å². The third-order valence-corrected chi connectivity index (χ3v) is 2.33. The van der Waals surface area contributed by atoms with Crippen LogP contribution in [-0.4, -0.2) is 22.0 Å². The highest BCUT2D eigenvalue weighted by molar-refractivity contribution is 7.17. The zero-order valence-electron chi connectivity index (χ0n) is 7.12. The minimum Gasteiger partial charge on any atom is -0.477 e. The quantitative estimate of drug-likeness (QED) is 0.749. The number of nitrogens with zero attached hydrogens (tertiary/aromatic N) is 1. The molecule has 1 amide bonds. The van der Waals surface area contributed by atoms with E-state index >= 15 is 0 Å². The molecule has 0 spiro atoms. The molecule has 0 aliphatic heterocycles. The lowest BCUT2D eigenvalue weighted by Crippen LogP contribution is -2.04. The number of aromatic nitrogens is 1. The second-order valence-electron chi connectivity index (χ2n) is 2.42. The second-order valence-corrected chi connectivity index (χ2v) is 3.42. The number of thiazole rings is 1. The van der Waals surface area contributed by atoms with Crippen LogP contribution < -0.4 is 5.32 Å². The molecule has 70 valence electrons. The van der Waals surface area contributed by atoms with Gasteiger partial charge in [0, 0.05) is 6.92 Å². The standard InChI is InChI=1S/C7H8N2O3S/c1-3-5(6(11)12)13-7(8-3)9-4(2)10/h1-2H3,(H,11,12)(H,8,9,10). The second kappa shape index (κ2) is 3.53. The van der Waals surface area contributed by atoms with E-state index in [4.69, 9.17) is 5.11 Å². The number of aryl methyl sites for hydroxylation is 1. The van der Waals surface area contributed by atoms with E-state index in [9.17, 15) is 9.59 Å². The number of carboxylic acid groups (broad SMARTS) is 1. The maximum Gasteiger partial charge on any atom is 0.347 e. The van der Waals surface area contributed by atoms with Crippen molar-refractivity contribution >= 4 is 28.3 Å². The molecule has 5 nitrogen and oxygen atoms in total. The van der Waals surface area contributed by atoms with Crippen LogP contribution >= 0.6 is 11.3 Å². The summed E-state index contributed by atoms with van der Waals surface area (Å²) in [6.07, 6.45) is 0. The lowest BCUT2D eigenvalue weighted by Gasteiger charge is -1.91. The molecule has 1 aromatic heterocycles. The number of hydrogen-bond donors (Lipinski definition) is 2. The predicted octanol–water partition coefficient (Wildman–Crippen LogP) is 1.11. The SMILES string of the molecule is CC(=O)Nc1nc(C)c(C(=O)O)s1. The monoisotopic (exact) mass is 200 g/mol. The minimum absolute atomic E-state index is 0.156. The molecule has 0 fully saturated rings. The molecule has 0 aliphatic carbocycles. The summed E-state index contributed by atoms with van der Waals surface area (Å²) in [6, 6.07) is 0. The molecule has 13 heavy (non-hydrogen) atoms. The third-order valence-electron chi connectivity index (χ3n) is 1.27. The van der Waals surface area contributed by atoms with Crippen molar-refractivity contribution in [1.82, 2.24) is 4.98 Å². The lowest BCUT2D eigenvalue weighted by molar-refractivity contribution is -0.114. The van der Waals surface area contributed by atoms with E-state index in [0.29, 0.717) is 10.8 Å². The number of carboxylic acids is 1. The van der Waals surface area contributed by atoms with Gasteiger partial charge in [0.2, 0.25) is 5.91 Å². The van der Waals surface area contributed by atoms with Crippen LogP contribution in [0.1, 0.15) is 22.3 Å². The number of carbonyl (C=O) groups excluding carboxylic acids is 1. The molecule has 2 N–H and O–H groups in total. The van der Waals surface area contributed by atoms with E-state index < -0.39 is 5.97 Å². The topological polar surface area (TPSA) is 79.3 Å². The first-order valence-corrected chi connectivity index (χ1v) is 4.30. The zero-order chi connectivity index (χ0) is 10.0. The normalized spacial score (nSPS) is 9.69. The van der Waals surface area contributed by atoms with Gasteiger partial charge >= 0.3 is 5.97 Å². The number of amides is 1. The molecule has 0 atom stereocenters. The maximum atomic E-state index is 10.6. The van der Waals surface area contributed by atoms with Gasteiger partial charge in [-0.1, -0.05) is 11.3 Å². The first kappa shape index (κ1) is 9.66. The zero-order valence-corrected chi connectivity index (χ0v) is 7.94. The Morgan fingerprint density at radius 2 is 2.15 bits per heavy atom. The molecule has 1 aromatic rings. The van der Waals surface area contributed by atoms with Gasteiger partial charge in [-0.25, -0.2) is 9.78 Å². The molecule has 1 heterocycles. The highest BCUT2D eigenvalue weighted by Gasteiger charge is 2.13. The van der Waals surface area contributed by atoms with Crippen LogP contribution in [0, 0.1) is 6.92 Å². The summed E-state index contributed by atoms with van der Waals surface area (Å²) in [7, 11) is 0. The van der Waals surface area contributed by atoms with Gasteiger partial charge in [-0.15, -0.1) is 0 Å². The summed E-state index contributed by atoms with van der Waals surface area (Å²) >= 11 is 0.953. The van der Waals surface area contributed by atoms with Crippen LogP contribution in [0.2, 0.25) is 0 Å². The van der Waals surface area contributed by atoms with Crippen LogP contribution in [0.25, 0.3) is 0 Å². The lowest BCUT2D eigenvalue weighted by atomic mass is 10.4. The average molecular weight is 200 g/mol. The molecular formula is C7H8N2O3S. The van der Waals surface area contributed by atoms with Crippen molar-refractivity contribution in [3.8, 4) is 0 Å². The molecule has 0 aromatic carbocycles. The van der Waals surface area contributed by atoms with E-state index in [1.165, 1.54) is 6.92 Å². The van der Waals surface area contributed by atoms with Gasteiger partial charge in [0.05, 0.1) is 5.69 Å². The van der Waals surface area contributed by atoms with Gasteiger partial charge in [0.25, 0.3) is 0 Å². The van der Waals surface area contributed by atoms with E-state index in [2.05, 4.69) is 10.3 Å². The van der Waals surface area contributed by atoms with Crippen LogP contribution in [0.4, 0.5) is 5.13 Å². The predicted molar refractivity (Wildman–Crippen MR) is 48.1 cm³/mol. The van der Waals surface area contributed by atoms with Crippen molar-refractivity contribution in [2.75, 3.05) is 5.32 Å². The number of carbonyl (C=O) groups is 2. The van der Waals surface area contributed by atoms with E-state index in [-0.39, 0.29) is 10.8 Å². The Hall–Kier alpha value is -1.43. The van der Waals surface area contributed by atoms with E-state index in [1.807, 2.05) is 0 Å². The highest BCUT2D eigenvalue weighted by Crippen LogP contribution is 2.21. The van der Waals surface area contributed by atoms with Gasteiger partial charge in [-0.3, -0.25) is 4.79 Å². The van der Waals surface area contributed by atoms with Gasteiger partial charge in [0.1, 0.15) is 4.88 Å². The van der Waals surface area contributed by atoms with Crippen LogP contribution in [-0.2, 0) is 4.79 Å². The van der Waals surface area contributed by atoms with Crippen LogP contribution in [0.5, 0.6) is 0 Å². The summed E-state index contributed by atoms with van der Waals surface area (Å²) < 4.78 is 0. The third kappa shape index (κ3) is 2.25. The Balaban J connectivity index is 2.95. The van der Waals surface area contributed by atoms with E-state index in [0.717, 1.165) is 11.3 Å². The number of hydrogen-bond acceptors (Lipinski definition) is 4. The first-order valence-electron chi connectivity index (χ1n) is 3.49. The number of anilines is 1. The van der Waals surface area contributed by atoms with Crippen LogP contribution in [0.3, 0.4) is 0 Å². The smallest absolute Gasteiger partial charge is 0.347 e. The fourth-order valence-electron chi connectivity index (χ4n) is 0.799. The van der Waals surface area contributed by atoms with Crippen molar-refractivity contribution in [3.63, 3.8) is 0 Å². The summed E-state index contributed by atoms with van der Waals surface area (Å²) in [5, 5.41) is 11.4. The van der Waals surface area contributed by atoms with Gasteiger partial charge < -0.3 is 10.4 Å². The fraction of sp³-hybridized carbons (Fsp3) is 0.286. The maximum absolute atomic E-state index is 10.6. The van der Waals surface area contributed by atoms with Crippen molar-refractivity contribution in [1.29, 1.82) is 0 Å². The number of nitrogens with one attached hydrogen (secondary N) is 1. The number of rotatable bonds is 2. The van der Waals surface area contributed by atoms with Gasteiger partial charge in [-0.05, 0) is 6.92 Å². The molecule has 0 unspecified atom stereocenters. The summed E-state index contributed by atoms with van der Waals surface area (Å²) in [4.78, 5) is 25.2. The van der Waals surface area contributed by atoms with Gasteiger partial charge in [0.15, 0.2) is 5.13 Å². The molecule has 0 saturated carbocycles.